The number of hydrogen-bond acceptors (Lipinski definition) is 4. The molecule has 1 aromatic heterocycles. The Kier molecular flexibility index (Phi) is 2.91. The van der Waals surface area contributed by atoms with Crippen LogP contribution in [0.1, 0.15) is 0 Å². The fourth-order valence-electron chi connectivity index (χ4n) is 1.43. The first-order valence-electron chi connectivity index (χ1n) is 5.07. The first-order chi connectivity index (χ1) is 8.08. The van der Waals surface area contributed by atoms with Crippen LogP contribution in [-0.4, -0.2) is 29.2 Å². The van der Waals surface area contributed by atoms with E-state index in [0.717, 1.165) is 0 Å². The molecule has 0 aliphatic heterocycles. The lowest BCUT2D eigenvalue weighted by Crippen LogP contribution is -2.12. The zero-order valence-electron chi connectivity index (χ0n) is 9.55. The second kappa shape index (κ2) is 4.37. The van der Waals surface area contributed by atoms with Gasteiger partial charge in [-0.1, -0.05) is 12.1 Å². The van der Waals surface area contributed by atoms with Gasteiger partial charge in [-0.3, -0.25) is 0 Å². The molecule has 0 unspecified atom stereocenters. The second-order valence-corrected chi connectivity index (χ2v) is 3.81. The van der Waals surface area contributed by atoms with Crippen molar-refractivity contribution in [2.24, 2.45) is 0 Å². The maximum Gasteiger partial charge on any atom is 0.225 e. The molecule has 0 aliphatic carbocycles. The standard InChI is InChI=1S/C12H12FN3O/c1-16(2)12-14-7-10(17)11(15-12)8-4-3-5-9(13)6-8/h3-7,17H,1-2H3. The maximum absolute atomic E-state index is 13.1. The van der Waals surface area contributed by atoms with Crippen LogP contribution in [0.5, 0.6) is 5.75 Å². The van der Waals surface area contributed by atoms with Crippen LogP contribution < -0.4 is 4.90 Å². The molecule has 88 valence electrons. The molecule has 0 amide bonds. The van der Waals surface area contributed by atoms with Crippen LogP contribution in [-0.2, 0) is 0 Å². The molecule has 5 heteroatoms. The zero-order valence-corrected chi connectivity index (χ0v) is 9.55. The van der Waals surface area contributed by atoms with Gasteiger partial charge in [0.25, 0.3) is 0 Å². The average molecular weight is 233 g/mol. The van der Waals surface area contributed by atoms with Crippen LogP contribution in [0.25, 0.3) is 11.3 Å². The summed E-state index contributed by atoms with van der Waals surface area (Å²) in [6.45, 7) is 0. The smallest absolute Gasteiger partial charge is 0.225 e. The van der Waals surface area contributed by atoms with E-state index in [0.29, 0.717) is 17.2 Å². The summed E-state index contributed by atoms with van der Waals surface area (Å²) < 4.78 is 13.1. The van der Waals surface area contributed by atoms with Gasteiger partial charge in [0, 0.05) is 19.7 Å². The van der Waals surface area contributed by atoms with E-state index in [1.807, 2.05) is 0 Å². The van der Waals surface area contributed by atoms with E-state index in [4.69, 9.17) is 0 Å². The fraction of sp³-hybridized carbons (Fsp3) is 0.167. The van der Waals surface area contributed by atoms with Crippen molar-refractivity contribution in [2.45, 2.75) is 0 Å². The van der Waals surface area contributed by atoms with Crippen molar-refractivity contribution in [1.82, 2.24) is 9.97 Å². The van der Waals surface area contributed by atoms with E-state index in [2.05, 4.69) is 9.97 Å². The van der Waals surface area contributed by atoms with E-state index in [1.165, 1.54) is 18.3 Å². The van der Waals surface area contributed by atoms with Crippen LogP contribution in [0.3, 0.4) is 0 Å². The van der Waals surface area contributed by atoms with Crippen molar-refractivity contribution >= 4 is 5.95 Å². The normalized spacial score (nSPS) is 10.3. The van der Waals surface area contributed by atoms with E-state index in [1.54, 1.807) is 31.1 Å². The summed E-state index contributed by atoms with van der Waals surface area (Å²) in [5.74, 6) is 0.0233. The highest BCUT2D eigenvalue weighted by Crippen LogP contribution is 2.27. The third-order valence-corrected chi connectivity index (χ3v) is 2.25. The average Bonchev–Trinajstić information content (AvgIpc) is 2.29. The van der Waals surface area contributed by atoms with Gasteiger partial charge in [0.15, 0.2) is 5.75 Å². The van der Waals surface area contributed by atoms with Crippen molar-refractivity contribution in [1.29, 1.82) is 0 Å². The Hall–Kier alpha value is -2.17. The highest BCUT2D eigenvalue weighted by molar-refractivity contribution is 5.66. The van der Waals surface area contributed by atoms with Crippen molar-refractivity contribution < 1.29 is 9.50 Å². The minimum absolute atomic E-state index is 0.0683. The van der Waals surface area contributed by atoms with Crippen molar-refractivity contribution in [2.75, 3.05) is 19.0 Å². The van der Waals surface area contributed by atoms with E-state index in [-0.39, 0.29) is 11.6 Å². The first-order valence-corrected chi connectivity index (χ1v) is 5.07. The Morgan fingerprint density at radius 3 is 2.71 bits per heavy atom. The van der Waals surface area contributed by atoms with Crippen molar-refractivity contribution in [3.63, 3.8) is 0 Å². The van der Waals surface area contributed by atoms with Crippen LogP contribution >= 0.6 is 0 Å². The highest BCUT2D eigenvalue weighted by atomic mass is 19.1. The molecule has 0 aliphatic rings. The predicted molar refractivity (Wildman–Crippen MR) is 63.4 cm³/mol. The molecule has 1 aromatic carbocycles. The Bertz CT molecular complexity index is 543. The third kappa shape index (κ3) is 2.33. The van der Waals surface area contributed by atoms with E-state index in [9.17, 15) is 9.50 Å². The number of rotatable bonds is 2. The number of nitrogens with zero attached hydrogens (tertiary/aromatic N) is 3. The molecule has 0 spiro atoms. The van der Waals surface area contributed by atoms with Crippen molar-refractivity contribution in [3.8, 4) is 17.0 Å². The minimum Gasteiger partial charge on any atom is -0.504 e. The molecule has 0 fully saturated rings. The minimum atomic E-state index is -0.369. The van der Waals surface area contributed by atoms with Gasteiger partial charge in [-0.15, -0.1) is 0 Å². The van der Waals surface area contributed by atoms with Gasteiger partial charge in [-0.25, -0.2) is 14.4 Å². The molecule has 2 aromatic rings. The summed E-state index contributed by atoms with van der Waals surface area (Å²) in [4.78, 5) is 9.85. The Labute approximate surface area is 98.4 Å². The monoisotopic (exact) mass is 233 g/mol. The quantitative estimate of drug-likeness (QED) is 0.862. The SMILES string of the molecule is CN(C)c1ncc(O)c(-c2cccc(F)c2)n1. The summed E-state index contributed by atoms with van der Waals surface area (Å²) in [5, 5.41) is 9.70. The zero-order chi connectivity index (χ0) is 12.4. The number of anilines is 1. The molecule has 1 heterocycles. The Morgan fingerprint density at radius 2 is 2.06 bits per heavy atom. The van der Waals surface area contributed by atoms with Gasteiger partial charge >= 0.3 is 0 Å². The van der Waals surface area contributed by atoms with Crippen LogP contribution in [0.15, 0.2) is 30.5 Å². The number of hydrogen-bond donors (Lipinski definition) is 1. The number of halogens is 1. The van der Waals surface area contributed by atoms with Gasteiger partial charge in [0.1, 0.15) is 11.5 Å². The van der Waals surface area contributed by atoms with Crippen molar-refractivity contribution in [3.05, 3.63) is 36.3 Å². The largest absolute Gasteiger partial charge is 0.504 e. The molecule has 0 atom stereocenters. The summed E-state index contributed by atoms with van der Waals surface area (Å²) in [7, 11) is 3.59. The molecule has 0 bridgehead atoms. The van der Waals surface area contributed by atoms with Gasteiger partial charge < -0.3 is 10.0 Å². The summed E-state index contributed by atoms with van der Waals surface area (Å²) in [5.41, 5.74) is 0.844. The molecule has 0 saturated carbocycles. The molecule has 2 rings (SSSR count). The molecular weight excluding hydrogens is 221 g/mol. The van der Waals surface area contributed by atoms with Gasteiger partial charge in [-0.05, 0) is 12.1 Å². The van der Waals surface area contributed by atoms with Gasteiger partial charge in [-0.2, -0.15) is 0 Å². The number of benzene rings is 1. The fourth-order valence-corrected chi connectivity index (χ4v) is 1.43. The first kappa shape index (κ1) is 11.3. The summed E-state index contributed by atoms with van der Waals surface area (Å²) >= 11 is 0. The highest BCUT2D eigenvalue weighted by Gasteiger charge is 2.10. The van der Waals surface area contributed by atoms with Gasteiger partial charge in [0.2, 0.25) is 5.95 Å². The number of aromatic hydroxyl groups is 1. The predicted octanol–water partition coefficient (Wildman–Crippen LogP) is 2.05. The van der Waals surface area contributed by atoms with E-state index >= 15 is 0 Å². The maximum atomic E-state index is 13.1. The molecule has 17 heavy (non-hydrogen) atoms. The lowest BCUT2D eigenvalue weighted by Gasteiger charge is -2.12. The molecule has 1 N–H and O–H groups in total. The van der Waals surface area contributed by atoms with Crippen LogP contribution in [0.2, 0.25) is 0 Å². The molecule has 4 nitrogen and oxygen atoms in total. The second-order valence-electron chi connectivity index (χ2n) is 3.81. The molecule has 0 saturated heterocycles. The van der Waals surface area contributed by atoms with E-state index < -0.39 is 0 Å². The summed E-state index contributed by atoms with van der Waals surface area (Å²) in [6.07, 6.45) is 1.31. The lowest BCUT2D eigenvalue weighted by molar-refractivity contribution is 0.472. The molecule has 0 radical (unpaired) electrons. The number of aromatic nitrogens is 2. The van der Waals surface area contributed by atoms with Gasteiger partial charge in [0.05, 0.1) is 6.20 Å². The Balaban J connectivity index is 2.54. The topological polar surface area (TPSA) is 49.2 Å². The van der Waals surface area contributed by atoms with Crippen LogP contribution in [0.4, 0.5) is 10.3 Å². The molecular formula is C12H12FN3O. The summed E-state index contributed by atoms with van der Waals surface area (Å²) in [6, 6.07) is 5.92. The Morgan fingerprint density at radius 1 is 1.29 bits per heavy atom. The lowest BCUT2D eigenvalue weighted by atomic mass is 10.1. The van der Waals surface area contributed by atoms with Crippen LogP contribution in [0, 0.1) is 5.82 Å². The third-order valence-electron chi connectivity index (χ3n) is 2.25.